The van der Waals surface area contributed by atoms with Crippen LogP contribution in [-0.2, 0) is 9.13 Å². The van der Waals surface area contributed by atoms with E-state index in [1.807, 2.05) is 74.1 Å². The lowest BCUT2D eigenvalue weighted by atomic mass is 10.7. The van der Waals surface area contributed by atoms with Gasteiger partial charge in [0.2, 0.25) is 0 Å². The third kappa shape index (κ3) is 5.68. The molecule has 0 fully saturated rings. The summed E-state index contributed by atoms with van der Waals surface area (Å²) in [6.07, 6.45) is 0. The Morgan fingerprint density at radius 1 is 0.462 bits per heavy atom. The Morgan fingerprint density at radius 2 is 0.615 bits per heavy atom. The summed E-state index contributed by atoms with van der Waals surface area (Å²) in [7, 11) is -6.15. The zero-order valence-corrected chi connectivity index (χ0v) is 19.9. The Hall–Kier alpha value is -0.140. The van der Waals surface area contributed by atoms with Crippen LogP contribution < -0.4 is 0 Å². The number of nitrogens with zero attached hydrogens (tertiary/aromatic N) is 4. The molecule has 0 aliphatic rings. The topological polar surface area (TPSA) is 47.1 Å². The predicted molar refractivity (Wildman–Crippen MR) is 115 cm³/mol. The first-order valence-electron chi connectivity index (χ1n) is 10.0. The van der Waals surface area contributed by atoms with Gasteiger partial charge in [0, 0.05) is 63.7 Å². The van der Waals surface area contributed by atoms with Gasteiger partial charge >= 0.3 is 0 Å². The molecule has 0 atom stereocenters. The second-order valence-electron chi connectivity index (χ2n) is 5.87. The van der Waals surface area contributed by atoms with E-state index >= 15 is 0 Å². The van der Waals surface area contributed by atoms with Gasteiger partial charge < -0.3 is 0 Å². The zero-order chi connectivity index (χ0) is 20.4. The Morgan fingerprint density at radius 3 is 0.731 bits per heavy atom. The first kappa shape index (κ1) is 25.9. The van der Waals surface area contributed by atoms with Gasteiger partial charge in [-0.3, -0.25) is 9.13 Å². The summed E-state index contributed by atoms with van der Waals surface area (Å²) in [5, 5.41) is 0. The van der Waals surface area contributed by atoms with E-state index in [2.05, 4.69) is 11.3 Å². The summed E-state index contributed by atoms with van der Waals surface area (Å²) < 4.78 is 35.5. The van der Waals surface area contributed by atoms with Crippen molar-refractivity contribution in [2.45, 2.75) is 55.4 Å². The molecule has 0 aromatic carbocycles. The minimum absolute atomic E-state index is 0.653. The van der Waals surface area contributed by atoms with E-state index in [4.69, 9.17) is 0 Å². The van der Waals surface area contributed by atoms with Crippen LogP contribution in [0.15, 0.2) is 0 Å². The van der Waals surface area contributed by atoms with Crippen LogP contribution >= 0.6 is 14.9 Å². The molecule has 0 amide bonds. The first-order valence-corrected chi connectivity index (χ1v) is 13.3. The molecular weight excluding hydrogens is 366 g/mol. The highest BCUT2D eigenvalue weighted by Crippen LogP contribution is 2.56. The third-order valence-electron chi connectivity index (χ3n) is 4.80. The minimum Gasteiger partial charge on any atom is -0.274 e. The molecule has 0 N–H and O–H groups in total. The van der Waals surface area contributed by atoms with Crippen molar-refractivity contribution < 1.29 is 9.13 Å². The summed E-state index contributed by atoms with van der Waals surface area (Å²) in [6, 6.07) is 0. The van der Waals surface area contributed by atoms with Gasteiger partial charge in [0.25, 0.3) is 14.9 Å². The van der Waals surface area contributed by atoms with Crippen molar-refractivity contribution >= 4 is 14.9 Å². The quantitative estimate of drug-likeness (QED) is 0.347. The van der Waals surface area contributed by atoms with E-state index < -0.39 is 14.9 Å². The second-order valence-corrected chi connectivity index (χ2v) is 10.8. The Labute approximate surface area is 162 Å². The summed E-state index contributed by atoms with van der Waals surface area (Å²) in [4.78, 5) is 0. The van der Waals surface area contributed by atoms with Gasteiger partial charge in [-0.1, -0.05) is 55.4 Å². The van der Waals surface area contributed by atoms with Gasteiger partial charge in [-0.25, -0.2) is 18.7 Å². The highest BCUT2D eigenvalue weighted by Gasteiger charge is 2.36. The second kappa shape index (κ2) is 12.3. The molecule has 0 heterocycles. The van der Waals surface area contributed by atoms with Crippen LogP contribution in [-0.4, -0.2) is 71.0 Å². The summed E-state index contributed by atoms with van der Waals surface area (Å²) in [5.41, 5.74) is 6.10. The molecule has 154 valence electrons. The summed E-state index contributed by atoms with van der Waals surface area (Å²) in [6.45, 7) is 21.2. The van der Waals surface area contributed by atoms with Crippen LogP contribution in [0.5, 0.6) is 0 Å². The van der Waals surface area contributed by atoms with E-state index in [9.17, 15) is 9.13 Å². The van der Waals surface area contributed by atoms with Gasteiger partial charge in [0.05, 0.1) is 0 Å². The Kier molecular flexibility index (Phi) is 12.3. The van der Waals surface area contributed by atoms with Crippen LogP contribution in [0, 0.1) is 11.3 Å². The lowest BCUT2D eigenvalue weighted by Gasteiger charge is -2.35. The average molecular weight is 406 g/mol. The molecule has 0 aliphatic heterocycles. The molecule has 0 radical (unpaired) electrons. The summed E-state index contributed by atoms with van der Waals surface area (Å²) in [5.74, 6) is 0. The highest BCUT2D eigenvalue weighted by atomic mass is 31.2. The van der Waals surface area contributed by atoms with Crippen molar-refractivity contribution in [3.63, 3.8) is 0 Å². The number of hydrogen-bond acceptors (Lipinski definition) is 2. The monoisotopic (exact) mass is 406 g/mol. The third-order valence-corrected chi connectivity index (χ3v) is 11.1. The normalized spacial score (nSPS) is 12.9. The molecule has 0 aliphatic carbocycles. The molecule has 26 heavy (non-hydrogen) atoms. The van der Waals surface area contributed by atoms with E-state index in [0.29, 0.717) is 52.4 Å². The van der Waals surface area contributed by atoms with E-state index in [1.165, 1.54) is 0 Å². The predicted octanol–water partition coefficient (Wildman–Crippen LogP) is 4.66. The molecule has 6 nitrogen and oxygen atoms in total. The van der Waals surface area contributed by atoms with Crippen LogP contribution in [0.3, 0.4) is 0 Å². The van der Waals surface area contributed by atoms with Crippen molar-refractivity contribution in [3.8, 4) is 11.3 Å². The average Bonchev–Trinajstić information content (AvgIpc) is 2.64. The maximum absolute atomic E-state index is 13.9. The minimum atomic E-state index is -3.08. The number of rotatable bonds is 12. The van der Waals surface area contributed by atoms with Crippen molar-refractivity contribution in [1.29, 1.82) is 0 Å². The number of hydrogen-bond donors (Lipinski definition) is 0. The van der Waals surface area contributed by atoms with Crippen LogP contribution in [0.1, 0.15) is 55.4 Å². The molecule has 8 heteroatoms. The largest absolute Gasteiger partial charge is 0.288 e. The van der Waals surface area contributed by atoms with Crippen molar-refractivity contribution in [2.75, 3.05) is 52.4 Å². The van der Waals surface area contributed by atoms with Gasteiger partial charge in [-0.2, -0.15) is 0 Å². The summed E-state index contributed by atoms with van der Waals surface area (Å²) >= 11 is 0. The van der Waals surface area contributed by atoms with Crippen LogP contribution in [0.4, 0.5) is 0 Å². The van der Waals surface area contributed by atoms with Crippen molar-refractivity contribution in [3.05, 3.63) is 0 Å². The van der Waals surface area contributed by atoms with Gasteiger partial charge in [-0.05, 0) is 0 Å². The molecule has 0 aromatic rings. The molecular formula is C18H40N4O2P2. The highest BCUT2D eigenvalue weighted by molar-refractivity contribution is 7.68. The molecule has 0 aromatic heterocycles. The Balaban J connectivity index is 6.40. The van der Waals surface area contributed by atoms with E-state index in [0.717, 1.165) is 0 Å². The first-order chi connectivity index (χ1) is 12.3. The lowest BCUT2D eigenvalue weighted by molar-refractivity contribution is 0.367. The van der Waals surface area contributed by atoms with Crippen molar-refractivity contribution in [2.24, 2.45) is 0 Å². The standard InChI is InChI=1S/C18H40N4O2P2/c1-9-19(10-2)25(23,20(11-3)12-4)17-18-26(24,21(13-5)14-6)22(15-7)16-8/h9-16H2,1-8H3. The lowest BCUT2D eigenvalue weighted by Crippen LogP contribution is -2.32. The molecule has 0 bridgehead atoms. The van der Waals surface area contributed by atoms with E-state index in [-0.39, 0.29) is 0 Å². The fourth-order valence-electron chi connectivity index (χ4n) is 3.20. The fraction of sp³-hybridized carbons (Fsp3) is 0.889. The Bertz CT molecular complexity index is 465. The van der Waals surface area contributed by atoms with Gasteiger partial charge in [-0.15, -0.1) is 0 Å². The maximum atomic E-state index is 13.9. The van der Waals surface area contributed by atoms with E-state index in [1.54, 1.807) is 0 Å². The SMILES string of the molecule is CCN(CC)P(=O)(C#CP(=O)(N(CC)CC)N(CC)CC)N(CC)CC. The van der Waals surface area contributed by atoms with Gasteiger partial charge in [0.1, 0.15) is 0 Å². The van der Waals surface area contributed by atoms with Crippen LogP contribution in [0.25, 0.3) is 0 Å². The van der Waals surface area contributed by atoms with Crippen LogP contribution in [0.2, 0.25) is 0 Å². The molecule has 0 spiro atoms. The van der Waals surface area contributed by atoms with Crippen molar-refractivity contribution in [1.82, 2.24) is 18.7 Å². The molecule has 0 rings (SSSR count). The molecule has 0 saturated carbocycles. The van der Waals surface area contributed by atoms with Gasteiger partial charge in [0.15, 0.2) is 0 Å². The maximum Gasteiger partial charge on any atom is 0.288 e. The smallest absolute Gasteiger partial charge is 0.274 e. The molecule has 0 unspecified atom stereocenters. The zero-order valence-electron chi connectivity index (χ0n) is 18.2. The fourth-order valence-corrected chi connectivity index (χ4v) is 8.59. The molecule has 0 saturated heterocycles.